The smallest absolute Gasteiger partial charge is 0.159 e. The van der Waals surface area contributed by atoms with Crippen LogP contribution in [0.5, 0.6) is 0 Å². The van der Waals surface area contributed by atoms with E-state index < -0.39 is 11.6 Å². The molecule has 1 aliphatic rings. The molecule has 94 valence electrons. The lowest BCUT2D eigenvalue weighted by Crippen LogP contribution is -2.18. The Morgan fingerprint density at radius 3 is 2.50 bits per heavy atom. The molecule has 0 aliphatic heterocycles. The summed E-state index contributed by atoms with van der Waals surface area (Å²) in [6, 6.07) is 8.03. The third-order valence-corrected chi connectivity index (χ3v) is 4.96. The molecular weight excluding hydrogens is 252 g/mol. The highest BCUT2D eigenvalue weighted by atomic mass is 32.1. The van der Waals surface area contributed by atoms with Crippen molar-refractivity contribution in [2.75, 3.05) is 6.54 Å². The minimum Gasteiger partial charge on any atom is -0.330 e. The Labute approximate surface area is 108 Å². The van der Waals surface area contributed by atoms with Gasteiger partial charge in [-0.05, 0) is 42.7 Å². The van der Waals surface area contributed by atoms with E-state index in [0.717, 1.165) is 23.3 Å². The zero-order valence-corrected chi connectivity index (χ0v) is 10.6. The molecular formula is C14H13F2NS. The SMILES string of the molecule is NCC1(c2ccc(-c3ccc(F)c(F)c3)s2)CC1. The summed E-state index contributed by atoms with van der Waals surface area (Å²) < 4.78 is 26.1. The molecule has 3 rings (SSSR count). The molecule has 0 saturated heterocycles. The highest BCUT2D eigenvalue weighted by Gasteiger charge is 2.44. The summed E-state index contributed by atoms with van der Waals surface area (Å²) in [7, 11) is 0. The van der Waals surface area contributed by atoms with Crippen LogP contribution in [0.4, 0.5) is 8.78 Å². The number of hydrogen-bond donors (Lipinski definition) is 1. The minimum atomic E-state index is -0.809. The fraction of sp³-hybridized carbons (Fsp3) is 0.286. The van der Waals surface area contributed by atoms with Crippen LogP contribution in [-0.2, 0) is 5.41 Å². The molecule has 1 aliphatic carbocycles. The van der Waals surface area contributed by atoms with Crippen LogP contribution in [-0.4, -0.2) is 6.54 Å². The predicted octanol–water partition coefficient (Wildman–Crippen LogP) is 3.68. The zero-order valence-electron chi connectivity index (χ0n) is 9.75. The van der Waals surface area contributed by atoms with Crippen LogP contribution in [0.2, 0.25) is 0 Å². The molecule has 2 aromatic rings. The number of thiophene rings is 1. The normalized spacial score (nSPS) is 16.8. The Morgan fingerprint density at radius 1 is 1.11 bits per heavy atom. The number of benzene rings is 1. The first-order valence-electron chi connectivity index (χ1n) is 5.90. The summed E-state index contributed by atoms with van der Waals surface area (Å²) in [4.78, 5) is 2.22. The molecule has 0 atom stereocenters. The average molecular weight is 265 g/mol. The van der Waals surface area contributed by atoms with Gasteiger partial charge in [-0.1, -0.05) is 6.07 Å². The van der Waals surface area contributed by atoms with E-state index >= 15 is 0 Å². The molecule has 0 bridgehead atoms. The van der Waals surface area contributed by atoms with Gasteiger partial charge >= 0.3 is 0 Å². The van der Waals surface area contributed by atoms with Crippen LogP contribution in [0.3, 0.4) is 0 Å². The Hall–Kier alpha value is -1.26. The molecule has 18 heavy (non-hydrogen) atoms. The second-order valence-electron chi connectivity index (χ2n) is 4.78. The van der Waals surface area contributed by atoms with Crippen molar-refractivity contribution >= 4 is 11.3 Å². The summed E-state index contributed by atoms with van der Waals surface area (Å²) >= 11 is 1.63. The quantitative estimate of drug-likeness (QED) is 0.900. The van der Waals surface area contributed by atoms with Crippen LogP contribution < -0.4 is 5.73 Å². The van der Waals surface area contributed by atoms with Gasteiger partial charge in [-0.2, -0.15) is 0 Å². The zero-order chi connectivity index (χ0) is 12.8. The Kier molecular flexibility index (Phi) is 2.72. The fourth-order valence-corrected chi connectivity index (χ4v) is 3.39. The fourth-order valence-electron chi connectivity index (χ4n) is 2.13. The first kappa shape index (κ1) is 11.8. The third kappa shape index (κ3) is 1.85. The van der Waals surface area contributed by atoms with Gasteiger partial charge in [-0.15, -0.1) is 11.3 Å². The van der Waals surface area contributed by atoms with Gasteiger partial charge in [0.1, 0.15) is 0 Å². The lowest BCUT2D eigenvalue weighted by atomic mass is 10.1. The van der Waals surface area contributed by atoms with Gasteiger partial charge in [0.2, 0.25) is 0 Å². The van der Waals surface area contributed by atoms with Crippen molar-refractivity contribution in [3.8, 4) is 10.4 Å². The molecule has 4 heteroatoms. The predicted molar refractivity (Wildman–Crippen MR) is 69.6 cm³/mol. The molecule has 1 fully saturated rings. The highest BCUT2D eigenvalue weighted by molar-refractivity contribution is 7.15. The van der Waals surface area contributed by atoms with Crippen LogP contribution in [0.15, 0.2) is 30.3 Å². The van der Waals surface area contributed by atoms with Crippen LogP contribution in [0.1, 0.15) is 17.7 Å². The van der Waals surface area contributed by atoms with Crippen molar-refractivity contribution in [2.24, 2.45) is 5.73 Å². The average Bonchev–Trinajstić information content (AvgIpc) is 3.02. The second kappa shape index (κ2) is 4.14. The van der Waals surface area contributed by atoms with E-state index in [1.54, 1.807) is 17.4 Å². The van der Waals surface area contributed by atoms with E-state index in [9.17, 15) is 8.78 Å². The summed E-state index contributed by atoms with van der Waals surface area (Å²) in [5, 5.41) is 0. The molecule has 1 nitrogen and oxygen atoms in total. The summed E-state index contributed by atoms with van der Waals surface area (Å²) in [5.41, 5.74) is 6.66. The largest absolute Gasteiger partial charge is 0.330 e. The number of nitrogens with two attached hydrogens (primary N) is 1. The molecule has 1 heterocycles. The van der Waals surface area contributed by atoms with Gasteiger partial charge in [-0.3, -0.25) is 0 Å². The maximum Gasteiger partial charge on any atom is 0.159 e. The van der Waals surface area contributed by atoms with Gasteiger partial charge in [0.05, 0.1) is 0 Å². The molecule has 0 radical (unpaired) electrons. The van der Waals surface area contributed by atoms with Gasteiger partial charge in [0.25, 0.3) is 0 Å². The Bertz CT molecular complexity index is 587. The molecule has 0 spiro atoms. The van der Waals surface area contributed by atoms with E-state index in [1.165, 1.54) is 17.0 Å². The maximum absolute atomic E-state index is 13.2. The van der Waals surface area contributed by atoms with Gasteiger partial charge < -0.3 is 5.73 Å². The molecule has 2 N–H and O–H groups in total. The Morgan fingerprint density at radius 2 is 1.89 bits per heavy atom. The summed E-state index contributed by atoms with van der Waals surface area (Å²) in [5.74, 6) is -1.61. The Balaban J connectivity index is 1.95. The van der Waals surface area contributed by atoms with E-state index in [-0.39, 0.29) is 5.41 Å². The molecule has 0 amide bonds. The summed E-state index contributed by atoms with van der Waals surface area (Å²) in [6.07, 6.45) is 2.25. The van der Waals surface area contributed by atoms with Crippen molar-refractivity contribution in [1.29, 1.82) is 0 Å². The van der Waals surface area contributed by atoms with Crippen LogP contribution in [0.25, 0.3) is 10.4 Å². The number of rotatable bonds is 3. The van der Waals surface area contributed by atoms with Crippen molar-refractivity contribution in [1.82, 2.24) is 0 Å². The van der Waals surface area contributed by atoms with E-state index in [4.69, 9.17) is 5.73 Å². The van der Waals surface area contributed by atoms with Crippen molar-refractivity contribution in [3.63, 3.8) is 0 Å². The number of halogens is 2. The summed E-state index contributed by atoms with van der Waals surface area (Å²) in [6.45, 7) is 0.657. The molecule has 1 saturated carbocycles. The van der Waals surface area contributed by atoms with Crippen molar-refractivity contribution < 1.29 is 8.78 Å². The maximum atomic E-state index is 13.2. The molecule has 0 unspecified atom stereocenters. The van der Waals surface area contributed by atoms with Crippen molar-refractivity contribution in [2.45, 2.75) is 18.3 Å². The van der Waals surface area contributed by atoms with E-state index in [2.05, 4.69) is 6.07 Å². The van der Waals surface area contributed by atoms with Crippen molar-refractivity contribution in [3.05, 3.63) is 46.8 Å². The van der Waals surface area contributed by atoms with Gasteiger partial charge in [-0.25, -0.2) is 8.78 Å². The first-order chi connectivity index (χ1) is 8.64. The monoisotopic (exact) mass is 265 g/mol. The van der Waals surface area contributed by atoms with E-state index in [0.29, 0.717) is 6.54 Å². The minimum absolute atomic E-state index is 0.154. The highest BCUT2D eigenvalue weighted by Crippen LogP contribution is 2.50. The lowest BCUT2D eigenvalue weighted by Gasteiger charge is -2.08. The van der Waals surface area contributed by atoms with Gasteiger partial charge in [0, 0.05) is 21.7 Å². The van der Waals surface area contributed by atoms with E-state index in [1.807, 2.05) is 6.07 Å². The molecule has 1 aromatic carbocycles. The third-order valence-electron chi connectivity index (χ3n) is 3.58. The first-order valence-corrected chi connectivity index (χ1v) is 6.72. The van der Waals surface area contributed by atoms with Crippen LogP contribution in [0, 0.1) is 11.6 Å². The number of hydrogen-bond acceptors (Lipinski definition) is 2. The van der Waals surface area contributed by atoms with Crippen LogP contribution >= 0.6 is 11.3 Å². The standard InChI is InChI=1S/C14H13F2NS/c15-10-2-1-9(7-11(10)16)12-3-4-13(18-12)14(8-17)5-6-14/h1-4,7H,5-6,8,17H2. The topological polar surface area (TPSA) is 26.0 Å². The van der Waals surface area contributed by atoms with Gasteiger partial charge in [0.15, 0.2) is 11.6 Å². The second-order valence-corrected chi connectivity index (χ2v) is 5.86. The lowest BCUT2D eigenvalue weighted by molar-refractivity contribution is 0.509. The molecule has 1 aromatic heterocycles.